The van der Waals surface area contributed by atoms with Crippen LogP contribution in [0.15, 0.2) is 0 Å². The van der Waals surface area contributed by atoms with Crippen molar-refractivity contribution in [2.45, 2.75) is 97.2 Å². The van der Waals surface area contributed by atoms with E-state index in [0.29, 0.717) is 48.3 Å². The topological polar surface area (TPSA) is 110 Å². The Morgan fingerprint density at radius 2 is 1.79 bits per heavy atom. The van der Waals surface area contributed by atoms with E-state index in [2.05, 4.69) is 26.1 Å². The fraction of sp³-hybridized carbons (Fsp3) is 0.923. The molecular formula is C26H42NNaO5. The smallest absolute Gasteiger partial charge is 0.548 e. The number of aliphatic hydroxyl groups is 2. The number of carbonyl (C=O) groups is 2. The van der Waals surface area contributed by atoms with Gasteiger partial charge in [-0.05, 0) is 104 Å². The van der Waals surface area contributed by atoms with Gasteiger partial charge in [0, 0.05) is 6.42 Å². The monoisotopic (exact) mass is 471 g/mol. The third-order valence-electron chi connectivity index (χ3n) is 10.8. The van der Waals surface area contributed by atoms with E-state index >= 15 is 0 Å². The van der Waals surface area contributed by atoms with E-state index in [4.69, 9.17) is 0 Å². The second-order valence-corrected chi connectivity index (χ2v) is 12.1. The summed E-state index contributed by atoms with van der Waals surface area (Å²) in [4.78, 5) is 22.6. The number of aliphatic hydroxyl groups excluding tert-OH is 2. The minimum absolute atomic E-state index is 0. The van der Waals surface area contributed by atoms with Gasteiger partial charge >= 0.3 is 29.6 Å². The van der Waals surface area contributed by atoms with Gasteiger partial charge < -0.3 is 25.4 Å². The molecule has 4 aliphatic carbocycles. The van der Waals surface area contributed by atoms with E-state index in [1.54, 1.807) is 0 Å². The summed E-state index contributed by atoms with van der Waals surface area (Å²) in [5.41, 5.74) is 0.130. The van der Waals surface area contributed by atoms with Crippen LogP contribution in [0.5, 0.6) is 0 Å². The van der Waals surface area contributed by atoms with Gasteiger partial charge in [-0.2, -0.15) is 0 Å². The van der Waals surface area contributed by atoms with Gasteiger partial charge in [-0.3, -0.25) is 4.79 Å². The van der Waals surface area contributed by atoms with Crippen LogP contribution in [0.1, 0.15) is 85.0 Å². The van der Waals surface area contributed by atoms with Crippen LogP contribution in [0.25, 0.3) is 0 Å². The minimum Gasteiger partial charge on any atom is -0.548 e. The van der Waals surface area contributed by atoms with Crippen LogP contribution in [-0.2, 0) is 9.59 Å². The van der Waals surface area contributed by atoms with Crippen LogP contribution in [0, 0.1) is 46.3 Å². The second kappa shape index (κ2) is 10.5. The summed E-state index contributed by atoms with van der Waals surface area (Å²) in [5, 5.41) is 34.8. The summed E-state index contributed by atoms with van der Waals surface area (Å²) in [5.74, 6) is 1.50. The quantitative estimate of drug-likeness (QED) is 0.442. The molecule has 0 aromatic carbocycles. The zero-order chi connectivity index (χ0) is 23.3. The van der Waals surface area contributed by atoms with Crippen molar-refractivity contribution in [2.75, 3.05) is 6.54 Å². The first kappa shape index (κ1) is 27.4. The first-order valence-electron chi connectivity index (χ1n) is 12.9. The molecular weight excluding hydrogens is 429 g/mol. The molecule has 10 atom stereocenters. The van der Waals surface area contributed by atoms with Crippen LogP contribution in [0.3, 0.4) is 0 Å². The molecule has 1 amide bonds. The fourth-order valence-corrected chi connectivity index (χ4v) is 8.98. The molecule has 182 valence electrons. The van der Waals surface area contributed by atoms with Gasteiger partial charge in [0.25, 0.3) is 0 Å². The van der Waals surface area contributed by atoms with Crippen molar-refractivity contribution in [3.05, 3.63) is 0 Å². The maximum absolute atomic E-state index is 12.0. The molecule has 4 fully saturated rings. The van der Waals surface area contributed by atoms with Crippen LogP contribution in [-0.4, -0.2) is 40.8 Å². The van der Waals surface area contributed by atoms with Crippen molar-refractivity contribution in [1.29, 1.82) is 0 Å². The Balaban J connectivity index is 0.00000306. The number of hydrogen-bond donors (Lipinski definition) is 3. The van der Waals surface area contributed by atoms with E-state index in [9.17, 15) is 24.9 Å². The van der Waals surface area contributed by atoms with Gasteiger partial charge in [0.2, 0.25) is 5.91 Å². The number of hydrogen-bond acceptors (Lipinski definition) is 5. The van der Waals surface area contributed by atoms with E-state index < -0.39 is 12.5 Å². The predicted octanol–water partition coefficient (Wildman–Crippen LogP) is -0.737. The average Bonchev–Trinajstić information content (AvgIpc) is 3.10. The van der Waals surface area contributed by atoms with Gasteiger partial charge in [0.15, 0.2) is 0 Å². The first-order chi connectivity index (χ1) is 15.1. The maximum Gasteiger partial charge on any atom is 1.00 e. The number of nitrogens with one attached hydrogen (secondary N) is 1. The molecule has 4 saturated carbocycles. The van der Waals surface area contributed by atoms with E-state index in [0.717, 1.165) is 38.5 Å². The molecule has 0 radical (unpaired) electrons. The second-order valence-electron chi connectivity index (χ2n) is 12.1. The number of rotatable bonds is 6. The van der Waals surface area contributed by atoms with E-state index in [-0.39, 0.29) is 58.5 Å². The van der Waals surface area contributed by atoms with Crippen molar-refractivity contribution >= 4 is 11.9 Å². The molecule has 0 heterocycles. The summed E-state index contributed by atoms with van der Waals surface area (Å²) in [6.07, 6.45) is 9.01. The number of amides is 1. The van der Waals surface area contributed by atoms with Gasteiger partial charge in [0.1, 0.15) is 0 Å². The molecule has 0 aromatic rings. The van der Waals surface area contributed by atoms with E-state index in [1.165, 1.54) is 12.8 Å². The van der Waals surface area contributed by atoms with Crippen LogP contribution in [0.4, 0.5) is 0 Å². The van der Waals surface area contributed by atoms with Gasteiger partial charge in [-0.15, -0.1) is 0 Å². The summed E-state index contributed by atoms with van der Waals surface area (Å²) < 4.78 is 0. The molecule has 0 aromatic heterocycles. The van der Waals surface area contributed by atoms with Crippen molar-refractivity contribution < 1.29 is 54.5 Å². The van der Waals surface area contributed by atoms with Crippen LogP contribution < -0.4 is 40.0 Å². The van der Waals surface area contributed by atoms with Gasteiger partial charge in [-0.25, -0.2) is 0 Å². The molecule has 33 heavy (non-hydrogen) atoms. The summed E-state index contributed by atoms with van der Waals surface area (Å²) >= 11 is 0. The Bertz CT molecular complexity index is 733. The Morgan fingerprint density at radius 1 is 1.06 bits per heavy atom. The van der Waals surface area contributed by atoms with E-state index in [1.807, 2.05) is 0 Å². The zero-order valence-electron chi connectivity index (χ0n) is 21.0. The third kappa shape index (κ3) is 4.94. The van der Waals surface area contributed by atoms with Crippen molar-refractivity contribution in [1.82, 2.24) is 5.32 Å². The van der Waals surface area contributed by atoms with Crippen LogP contribution in [0.2, 0.25) is 0 Å². The molecule has 0 bridgehead atoms. The normalized spacial score (nSPS) is 45.1. The molecule has 10 unspecified atom stereocenters. The number of carboxylic acids is 1. The van der Waals surface area contributed by atoms with Gasteiger partial charge in [0.05, 0.1) is 24.7 Å². The molecule has 0 aliphatic heterocycles. The predicted molar refractivity (Wildman–Crippen MR) is 119 cm³/mol. The first-order valence-corrected chi connectivity index (χ1v) is 12.9. The summed E-state index contributed by atoms with van der Waals surface area (Å²) in [7, 11) is 0. The van der Waals surface area contributed by atoms with Crippen molar-refractivity contribution in [2.24, 2.45) is 46.3 Å². The SMILES string of the molecule is CC(CCC(=O)NCC(=O)[O-])C1CCC2C3CCC4CC(O)CCC4(C)C3CC(O)C12C.[Na+]. The number of carbonyl (C=O) groups excluding carboxylic acids is 2. The average molecular weight is 472 g/mol. The molecule has 7 heteroatoms. The third-order valence-corrected chi connectivity index (χ3v) is 10.8. The Hall–Kier alpha value is -0.140. The molecule has 0 saturated heterocycles. The number of aliphatic carboxylic acids is 1. The maximum atomic E-state index is 12.0. The summed E-state index contributed by atoms with van der Waals surface area (Å²) in [6.45, 7) is 6.51. The molecule has 3 N–H and O–H groups in total. The Labute approximate surface area is 221 Å². The molecule has 0 spiro atoms. The summed E-state index contributed by atoms with van der Waals surface area (Å²) in [6, 6.07) is 0. The number of fused-ring (bicyclic) bond motifs is 5. The largest absolute Gasteiger partial charge is 1.00 e. The van der Waals surface area contributed by atoms with Crippen molar-refractivity contribution in [3.8, 4) is 0 Å². The van der Waals surface area contributed by atoms with Gasteiger partial charge in [-0.1, -0.05) is 20.8 Å². The molecule has 6 nitrogen and oxygen atoms in total. The van der Waals surface area contributed by atoms with Crippen molar-refractivity contribution in [3.63, 3.8) is 0 Å². The minimum atomic E-state index is -1.27. The molecule has 4 aliphatic rings. The zero-order valence-corrected chi connectivity index (χ0v) is 23.0. The number of carboxylic acid groups (broad SMARTS) is 1. The fourth-order valence-electron chi connectivity index (χ4n) is 8.98. The van der Waals surface area contributed by atoms with Crippen LogP contribution >= 0.6 is 0 Å². The standard InChI is InChI=1S/C26H43NO5.Na/c1-15(4-9-23(30)27-14-24(31)32)19-7-8-20-18-6-5-16-12-17(28)10-11-25(16,2)21(18)13-22(29)26(19,20)3;/h15-22,28-29H,4-14H2,1-3H3,(H,27,30)(H,31,32);/q;+1/p-1. The Kier molecular flexibility index (Phi) is 8.70. The molecule has 4 rings (SSSR count). The Morgan fingerprint density at radius 3 is 2.48 bits per heavy atom.